The van der Waals surface area contributed by atoms with Crippen molar-refractivity contribution >= 4 is 43.8 Å². The number of aromatic nitrogens is 1. The maximum absolute atomic E-state index is 14.3. The Morgan fingerprint density at radius 2 is 2.04 bits per heavy atom. The smallest absolute Gasteiger partial charge is 0.267 e. The van der Waals surface area contributed by atoms with Crippen molar-refractivity contribution in [3.05, 3.63) is 69.9 Å². The molecule has 8 heteroatoms. The molecule has 2 heterocycles. The highest BCUT2D eigenvalue weighted by atomic mass is 32.1. The summed E-state index contributed by atoms with van der Waals surface area (Å²) in [7, 11) is 1.50. The molecule has 1 N–H and O–H groups in total. The third-order valence-corrected chi connectivity index (χ3v) is 6.06. The van der Waals surface area contributed by atoms with E-state index in [2.05, 4.69) is 10.3 Å². The van der Waals surface area contributed by atoms with E-state index in [1.54, 1.807) is 29.6 Å². The molecule has 0 spiro atoms. The number of halogens is 2. The largest absolute Gasteiger partial charge is 0.380 e. The molecule has 2 aromatic carbocycles. The molecule has 4 aromatic rings. The molecule has 0 saturated carbocycles. The van der Waals surface area contributed by atoms with Crippen LogP contribution in [0.1, 0.15) is 15.2 Å². The second-order valence-corrected chi connectivity index (χ2v) is 7.87. The van der Waals surface area contributed by atoms with Crippen molar-refractivity contribution in [3.63, 3.8) is 0 Å². The lowest BCUT2D eigenvalue weighted by atomic mass is 10.1. The quantitative estimate of drug-likeness (QED) is 0.454. The van der Waals surface area contributed by atoms with Gasteiger partial charge in [-0.1, -0.05) is 18.2 Å². The topological polar surface area (TPSA) is 51.2 Å². The van der Waals surface area contributed by atoms with E-state index in [1.807, 2.05) is 0 Å². The number of thiophene rings is 1. The van der Waals surface area contributed by atoms with Crippen molar-refractivity contribution in [2.24, 2.45) is 0 Å². The number of methoxy groups -OCH3 is 1. The summed E-state index contributed by atoms with van der Waals surface area (Å²) in [6.45, 7) is 0.121. The number of carbonyl (C=O) groups is 1. The van der Waals surface area contributed by atoms with Crippen molar-refractivity contribution in [1.82, 2.24) is 4.98 Å². The van der Waals surface area contributed by atoms with Gasteiger partial charge in [0.15, 0.2) is 5.13 Å². The third kappa shape index (κ3) is 3.54. The number of amides is 1. The first-order valence-electron chi connectivity index (χ1n) is 8.28. The maximum Gasteiger partial charge on any atom is 0.267 e. The number of hydrogen-bond acceptors (Lipinski definition) is 5. The van der Waals surface area contributed by atoms with Crippen LogP contribution >= 0.6 is 22.7 Å². The number of nitrogens with zero attached hydrogens (tertiary/aromatic N) is 1. The second kappa shape index (κ2) is 7.75. The predicted molar refractivity (Wildman–Crippen MR) is 108 cm³/mol. The highest BCUT2D eigenvalue weighted by molar-refractivity contribution is 7.21. The van der Waals surface area contributed by atoms with Gasteiger partial charge in [0.25, 0.3) is 5.91 Å². The Bertz CT molecular complexity index is 1170. The van der Waals surface area contributed by atoms with Gasteiger partial charge in [-0.3, -0.25) is 10.1 Å². The zero-order chi connectivity index (χ0) is 19.7. The molecule has 28 heavy (non-hydrogen) atoms. The molecule has 4 nitrogen and oxygen atoms in total. The van der Waals surface area contributed by atoms with Gasteiger partial charge in [-0.05, 0) is 24.3 Å². The molecule has 4 rings (SSSR count). The Balaban J connectivity index is 1.64. The summed E-state index contributed by atoms with van der Waals surface area (Å²) in [4.78, 5) is 17.6. The summed E-state index contributed by atoms with van der Waals surface area (Å²) in [6, 6.07) is 10.8. The molecule has 142 valence electrons. The van der Waals surface area contributed by atoms with Gasteiger partial charge < -0.3 is 4.74 Å². The van der Waals surface area contributed by atoms with Gasteiger partial charge in [-0.15, -0.1) is 22.7 Å². The van der Waals surface area contributed by atoms with Crippen LogP contribution in [0.15, 0.2) is 47.8 Å². The number of ether oxygens (including phenoxy) is 1. The van der Waals surface area contributed by atoms with Crippen LogP contribution in [0.2, 0.25) is 0 Å². The first kappa shape index (κ1) is 18.7. The van der Waals surface area contributed by atoms with Crippen molar-refractivity contribution < 1.29 is 18.3 Å². The van der Waals surface area contributed by atoms with Crippen molar-refractivity contribution in [2.75, 3.05) is 12.4 Å². The first-order valence-corrected chi connectivity index (χ1v) is 9.98. The average Bonchev–Trinajstić information content (AvgIpc) is 3.28. The number of nitrogens with one attached hydrogen (secondary N) is 1. The van der Waals surface area contributed by atoms with E-state index in [9.17, 15) is 13.6 Å². The molecule has 0 saturated heterocycles. The maximum atomic E-state index is 14.3. The summed E-state index contributed by atoms with van der Waals surface area (Å²) in [5.41, 5.74) is 1.71. The van der Waals surface area contributed by atoms with Crippen LogP contribution in [0, 0.1) is 11.6 Å². The second-order valence-electron chi connectivity index (χ2n) is 5.96. The molecule has 0 unspecified atom stereocenters. The summed E-state index contributed by atoms with van der Waals surface area (Å²) in [6.07, 6.45) is 0. The number of hydrogen-bond donors (Lipinski definition) is 1. The summed E-state index contributed by atoms with van der Waals surface area (Å²) in [5, 5.41) is 5.27. The van der Waals surface area contributed by atoms with Gasteiger partial charge >= 0.3 is 0 Å². The summed E-state index contributed by atoms with van der Waals surface area (Å²) in [5.74, 6) is -1.12. The summed E-state index contributed by atoms with van der Waals surface area (Å²) < 4.78 is 33.5. The molecule has 0 fully saturated rings. The molecular weight excluding hydrogens is 402 g/mol. The van der Waals surface area contributed by atoms with Crippen molar-refractivity contribution in [3.8, 4) is 11.3 Å². The number of rotatable bonds is 5. The Morgan fingerprint density at radius 1 is 1.21 bits per heavy atom. The van der Waals surface area contributed by atoms with Crippen molar-refractivity contribution in [1.29, 1.82) is 0 Å². The third-order valence-electron chi connectivity index (χ3n) is 4.10. The van der Waals surface area contributed by atoms with Crippen LogP contribution in [0.4, 0.5) is 13.9 Å². The minimum Gasteiger partial charge on any atom is -0.380 e. The van der Waals surface area contributed by atoms with E-state index >= 15 is 0 Å². The first-order chi connectivity index (χ1) is 13.6. The van der Waals surface area contributed by atoms with E-state index in [0.29, 0.717) is 36.9 Å². The highest BCUT2D eigenvalue weighted by Crippen LogP contribution is 2.34. The minimum atomic E-state index is -0.387. The molecule has 0 aliphatic carbocycles. The van der Waals surface area contributed by atoms with Gasteiger partial charge in [0, 0.05) is 33.7 Å². The van der Waals surface area contributed by atoms with E-state index in [-0.39, 0.29) is 24.1 Å². The fourth-order valence-corrected chi connectivity index (χ4v) is 4.73. The zero-order valence-electron chi connectivity index (χ0n) is 14.7. The molecule has 0 bridgehead atoms. The van der Waals surface area contributed by atoms with Crippen LogP contribution < -0.4 is 5.32 Å². The zero-order valence-corrected chi connectivity index (χ0v) is 16.3. The molecule has 0 aliphatic heterocycles. The lowest BCUT2D eigenvalue weighted by Gasteiger charge is -2.04. The van der Waals surface area contributed by atoms with Gasteiger partial charge in [-0.2, -0.15) is 0 Å². The molecule has 2 aromatic heterocycles. The fourth-order valence-electron chi connectivity index (χ4n) is 2.90. The molecule has 1 amide bonds. The Hall–Kier alpha value is -2.68. The van der Waals surface area contributed by atoms with Crippen LogP contribution in [-0.4, -0.2) is 18.0 Å². The fraction of sp³-hybridized carbons (Fsp3) is 0.100. The molecule has 0 aliphatic rings. The summed E-state index contributed by atoms with van der Waals surface area (Å²) >= 11 is 2.44. The lowest BCUT2D eigenvalue weighted by Crippen LogP contribution is -2.12. The number of anilines is 1. The van der Waals surface area contributed by atoms with Crippen molar-refractivity contribution in [2.45, 2.75) is 6.61 Å². The van der Waals surface area contributed by atoms with E-state index in [1.165, 1.54) is 48.0 Å². The van der Waals surface area contributed by atoms with Gasteiger partial charge in [0.2, 0.25) is 0 Å². The normalized spacial score (nSPS) is 11.1. The molecule has 0 atom stereocenters. The number of fused-ring (bicyclic) bond motifs is 1. The average molecular weight is 416 g/mol. The highest BCUT2D eigenvalue weighted by Gasteiger charge is 2.21. The van der Waals surface area contributed by atoms with E-state index in [0.717, 1.165) is 0 Å². The SMILES string of the molecule is COCc1c(C(=O)Nc2nc(-c3cccc(F)c3)cs2)sc2cccc(F)c12. The monoisotopic (exact) mass is 416 g/mol. The number of carbonyl (C=O) groups excluding carboxylic acids is 1. The standard InChI is InChI=1S/C20H14F2N2O2S2/c1-26-9-13-17-14(22)6-3-7-16(17)28-18(13)19(25)24-20-23-15(10-27-20)11-4-2-5-12(21)8-11/h2-8,10H,9H2,1H3,(H,23,24,25). The van der Waals surface area contributed by atoms with Gasteiger partial charge in [0.1, 0.15) is 11.6 Å². The Labute approximate surface area is 167 Å². The van der Waals surface area contributed by atoms with Crippen LogP contribution in [0.25, 0.3) is 21.3 Å². The molecular formula is C20H14F2N2O2S2. The van der Waals surface area contributed by atoms with Crippen LogP contribution in [-0.2, 0) is 11.3 Å². The number of benzene rings is 2. The van der Waals surface area contributed by atoms with Gasteiger partial charge in [-0.25, -0.2) is 13.8 Å². The Morgan fingerprint density at radius 3 is 2.82 bits per heavy atom. The Kier molecular flexibility index (Phi) is 5.17. The van der Waals surface area contributed by atoms with Crippen LogP contribution in [0.5, 0.6) is 0 Å². The number of thiazole rings is 1. The van der Waals surface area contributed by atoms with E-state index < -0.39 is 0 Å². The lowest BCUT2D eigenvalue weighted by molar-refractivity contribution is 0.102. The minimum absolute atomic E-state index is 0.121. The van der Waals surface area contributed by atoms with Crippen LogP contribution in [0.3, 0.4) is 0 Å². The van der Waals surface area contributed by atoms with Gasteiger partial charge in [0.05, 0.1) is 17.2 Å². The molecule has 0 radical (unpaired) electrons. The predicted octanol–water partition coefficient (Wildman–Crippen LogP) is 5.70. The van der Waals surface area contributed by atoms with E-state index in [4.69, 9.17) is 4.74 Å².